The van der Waals surface area contributed by atoms with Crippen LogP contribution in [0.1, 0.15) is 0 Å². The fourth-order valence-corrected chi connectivity index (χ4v) is 9.81. The SMILES string of the molecule is c1ccc(-c2cccc(N(c3ccc(-c4cc(-c5ccccc5)cc(-n5c6ccccc6c6cc7ccccc7cc65)c4)cc3)c3ccccc3-c3ccccc3-c3ccccc3)c2)cc1. The van der Waals surface area contributed by atoms with Crippen molar-refractivity contribution in [1.29, 1.82) is 0 Å². The average Bonchev–Trinajstić information content (AvgIpc) is 3.72. The maximum Gasteiger partial charge on any atom is 0.0547 e. The molecule has 0 spiro atoms. The van der Waals surface area contributed by atoms with Crippen molar-refractivity contribution < 1.29 is 0 Å². The number of hydrogen-bond donors (Lipinski definition) is 0. The van der Waals surface area contributed by atoms with Crippen LogP contribution >= 0.6 is 0 Å². The summed E-state index contributed by atoms with van der Waals surface area (Å²) in [5, 5.41) is 4.98. The van der Waals surface area contributed by atoms with Gasteiger partial charge in [-0.15, -0.1) is 0 Å². The molecule has 310 valence electrons. The van der Waals surface area contributed by atoms with Gasteiger partial charge in [-0.2, -0.15) is 0 Å². The Hall–Kier alpha value is -8.72. The van der Waals surface area contributed by atoms with Gasteiger partial charge in [-0.25, -0.2) is 0 Å². The zero-order chi connectivity index (χ0) is 43.8. The predicted molar refractivity (Wildman–Crippen MR) is 280 cm³/mol. The molecule has 0 aliphatic heterocycles. The standard InChI is InChI=1S/C64H44N2/c1-4-19-45(20-5-1)49-27-18-28-55(40-49)65(62-33-16-14-31-59(62)58-30-13-12-29-57(58)48-23-8-3-9-24-48)54-37-35-47(36-38-54)53-39-52(46-21-6-2-7-22-46)41-56(42-53)66-63-34-17-15-32-60(63)61-43-50-25-10-11-26-51(50)44-64(61)66/h1-44H. The lowest BCUT2D eigenvalue weighted by atomic mass is 9.93. The maximum absolute atomic E-state index is 2.45. The van der Waals surface area contributed by atoms with E-state index in [0.29, 0.717) is 0 Å². The Bertz CT molecular complexity index is 3680. The molecule has 1 heterocycles. The highest BCUT2D eigenvalue weighted by atomic mass is 15.1. The minimum atomic E-state index is 1.07. The number of rotatable bonds is 9. The van der Waals surface area contributed by atoms with Gasteiger partial charge in [0.05, 0.1) is 16.7 Å². The zero-order valence-electron chi connectivity index (χ0n) is 36.3. The monoisotopic (exact) mass is 840 g/mol. The van der Waals surface area contributed by atoms with Gasteiger partial charge in [-0.3, -0.25) is 0 Å². The smallest absolute Gasteiger partial charge is 0.0547 e. The van der Waals surface area contributed by atoms with Gasteiger partial charge in [-0.1, -0.05) is 200 Å². The van der Waals surface area contributed by atoms with Gasteiger partial charge < -0.3 is 9.47 Å². The minimum absolute atomic E-state index is 1.07. The first-order chi connectivity index (χ1) is 32.7. The van der Waals surface area contributed by atoms with Gasteiger partial charge in [0, 0.05) is 33.4 Å². The first kappa shape index (κ1) is 38.9. The molecule has 12 aromatic rings. The quantitative estimate of drug-likeness (QED) is 0.141. The summed E-state index contributed by atoms with van der Waals surface area (Å²) in [6, 6.07) is 97.0. The Morgan fingerprint density at radius 3 is 1.50 bits per heavy atom. The summed E-state index contributed by atoms with van der Waals surface area (Å²) < 4.78 is 2.45. The van der Waals surface area contributed by atoms with Gasteiger partial charge in [0.15, 0.2) is 0 Å². The molecule has 0 saturated carbocycles. The van der Waals surface area contributed by atoms with Gasteiger partial charge in [0.1, 0.15) is 0 Å². The molecule has 0 amide bonds. The number of aromatic nitrogens is 1. The van der Waals surface area contributed by atoms with E-state index in [4.69, 9.17) is 0 Å². The van der Waals surface area contributed by atoms with Crippen LogP contribution in [0.4, 0.5) is 17.1 Å². The average molecular weight is 841 g/mol. The third-order valence-corrected chi connectivity index (χ3v) is 12.9. The fraction of sp³-hybridized carbons (Fsp3) is 0. The lowest BCUT2D eigenvalue weighted by Crippen LogP contribution is -2.11. The van der Waals surface area contributed by atoms with Crippen molar-refractivity contribution in [2.24, 2.45) is 0 Å². The summed E-state index contributed by atoms with van der Waals surface area (Å²) in [5.41, 5.74) is 18.5. The maximum atomic E-state index is 2.45. The topological polar surface area (TPSA) is 8.17 Å². The molecule has 0 radical (unpaired) electrons. The van der Waals surface area contributed by atoms with Gasteiger partial charge in [0.2, 0.25) is 0 Å². The molecule has 1 aromatic heterocycles. The van der Waals surface area contributed by atoms with Crippen LogP contribution in [0.3, 0.4) is 0 Å². The van der Waals surface area contributed by atoms with Crippen LogP contribution in [0, 0.1) is 0 Å². The third-order valence-electron chi connectivity index (χ3n) is 12.9. The molecule has 0 N–H and O–H groups in total. The number of benzene rings is 11. The molecular weight excluding hydrogens is 797 g/mol. The van der Waals surface area contributed by atoms with E-state index in [-0.39, 0.29) is 0 Å². The second-order valence-electron chi connectivity index (χ2n) is 16.9. The summed E-state index contributed by atoms with van der Waals surface area (Å²) in [6.07, 6.45) is 0. The van der Waals surface area contributed by atoms with Crippen molar-refractivity contribution in [3.63, 3.8) is 0 Å². The van der Waals surface area contributed by atoms with Crippen LogP contribution in [-0.4, -0.2) is 4.57 Å². The van der Waals surface area contributed by atoms with E-state index in [0.717, 1.165) is 39.4 Å². The van der Waals surface area contributed by atoms with Crippen molar-refractivity contribution in [3.05, 3.63) is 267 Å². The van der Waals surface area contributed by atoms with Gasteiger partial charge in [-0.05, 0) is 128 Å². The first-order valence-corrected chi connectivity index (χ1v) is 22.7. The van der Waals surface area contributed by atoms with Crippen LogP contribution in [0.5, 0.6) is 0 Å². The van der Waals surface area contributed by atoms with Crippen molar-refractivity contribution in [2.75, 3.05) is 4.90 Å². The van der Waals surface area contributed by atoms with Crippen LogP contribution < -0.4 is 4.90 Å². The van der Waals surface area contributed by atoms with E-state index < -0.39 is 0 Å². The van der Waals surface area contributed by atoms with Crippen LogP contribution in [0.25, 0.3) is 93.9 Å². The molecule has 2 heteroatoms. The molecule has 11 aromatic carbocycles. The molecule has 2 nitrogen and oxygen atoms in total. The van der Waals surface area contributed by atoms with E-state index in [9.17, 15) is 0 Å². The highest BCUT2D eigenvalue weighted by Crippen LogP contribution is 2.45. The van der Waals surface area contributed by atoms with Crippen molar-refractivity contribution in [3.8, 4) is 61.3 Å². The van der Waals surface area contributed by atoms with Gasteiger partial charge >= 0.3 is 0 Å². The minimum Gasteiger partial charge on any atom is -0.310 e. The first-order valence-electron chi connectivity index (χ1n) is 22.7. The molecular formula is C64H44N2. The van der Waals surface area contributed by atoms with Crippen molar-refractivity contribution in [2.45, 2.75) is 0 Å². The molecule has 0 saturated heterocycles. The summed E-state index contributed by atoms with van der Waals surface area (Å²) in [7, 11) is 0. The summed E-state index contributed by atoms with van der Waals surface area (Å²) in [4.78, 5) is 2.42. The van der Waals surface area contributed by atoms with Crippen molar-refractivity contribution in [1.82, 2.24) is 4.57 Å². The zero-order valence-corrected chi connectivity index (χ0v) is 36.3. The highest BCUT2D eigenvalue weighted by Gasteiger charge is 2.21. The molecule has 0 atom stereocenters. The van der Waals surface area contributed by atoms with Crippen molar-refractivity contribution >= 4 is 49.6 Å². The Morgan fingerprint density at radius 1 is 0.258 bits per heavy atom. The molecule has 66 heavy (non-hydrogen) atoms. The number of para-hydroxylation sites is 2. The normalized spacial score (nSPS) is 11.3. The Labute approximate surface area is 385 Å². The molecule has 0 bridgehead atoms. The lowest BCUT2D eigenvalue weighted by Gasteiger charge is -2.29. The summed E-state index contributed by atoms with van der Waals surface area (Å²) in [6.45, 7) is 0. The molecule has 0 unspecified atom stereocenters. The fourth-order valence-electron chi connectivity index (χ4n) is 9.81. The third kappa shape index (κ3) is 7.12. The van der Waals surface area contributed by atoms with Crippen LogP contribution in [0.15, 0.2) is 267 Å². The number of nitrogens with zero attached hydrogens (tertiary/aromatic N) is 2. The Kier molecular flexibility index (Phi) is 9.89. The van der Waals surface area contributed by atoms with E-state index in [1.165, 1.54) is 71.5 Å². The molecule has 0 aliphatic carbocycles. The Balaban J connectivity index is 1.03. The van der Waals surface area contributed by atoms with E-state index in [1.54, 1.807) is 0 Å². The van der Waals surface area contributed by atoms with Crippen LogP contribution in [0.2, 0.25) is 0 Å². The van der Waals surface area contributed by atoms with Crippen LogP contribution in [-0.2, 0) is 0 Å². The molecule has 0 aliphatic rings. The van der Waals surface area contributed by atoms with E-state index >= 15 is 0 Å². The molecule has 0 fully saturated rings. The Morgan fingerprint density at radius 2 is 0.788 bits per heavy atom. The van der Waals surface area contributed by atoms with E-state index in [1.807, 2.05) is 0 Å². The number of anilines is 3. The highest BCUT2D eigenvalue weighted by molar-refractivity contribution is 6.13. The number of hydrogen-bond acceptors (Lipinski definition) is 1. The second-order valence-corrected chi connectivity index (χ2v) is 16.9. The predicted octanol–water partition coefficient (Wildman–Crippen LogP) is 17.7. The largest absolute Gasteiger partial charge is 0.310 e. The lowest BCUT2D eigenvalue weighted by molar-refractivity contribution is 1.18. The summed E-state index contributed by atoms with van der Waals surface area (Å²) in [5.74, 6) is 0. The van der Waals surface area contributed by atoms with E-state index in [2.05, 4.69) is 276 Å². The summed E-state index contributed by atoms with van der Waals surface area (Å²) >= 11 is 0. The number of fused-ring (bicyclic) bond motifs is 4. The van der Waals surface area contributed by atoms with Gasteiger partial charge in [0.25, 0.3) is 0 Å². The second kappa shape index (κ2) is 16.8. The molecule has 12 rings (SSSR count).